The summed E-state index contributed by atoms with van der Waals surface area (Å²) < 4.78 is 11.8. The van der Waals surface area contributed by atoms with Crippen LogP contribution in [0.5, 0.6) is 0 Å². The van der Waals surface area contributed by atoms with E-state index in [1.54, 1.807) is 0 Å². The van der Waals surface area contributed by atoms with E-state index in [1.807, 2.05) is 60.7 Å². The molecule has 1 amide bonds. The topological polar surface area (TPSA) is 67.8 Å². The van der Waals surface area contributed by atoms with Crippen LogP contribution in [0.25, 0.3) is 0 Å². The fourth-order valence-corrected chi connectivity index (χ4v) is 3.20. The maximum Gasteiger partial charge on any atom is 0.286 e. The zero-order valence-corrected chi connectivity index (χ0v) is 17.0. The van der Waals surface area contributed by atoms with E-state index >= 15 is 0 Å². The molecule has 0 saturated carbocycles. The molecule has 2 aromatic rings. The van der Waals surface area contributed by atoms with E-state index in [-0.39, 0.29) is 18.4 Å². The average molecular weight is 395 g/mol. The number of hydrogen-bond acceptors (Lipinski definition) is 4. The third-order valence-corrected chi connectivity index (χ3v) is 5.11. The van der Waals surface area contributed by atoms with Crippen LogP contribution in [0.2, 0.25) is 0 Å². The molecule has 0 bridgehead atoms. The second-order valence-electron chi connectivity index (χ2n) is 7.68. The maximum atomic E-state index is 12.6. The van der Waals surface area contributed by atoms with Crippen molar-refractivity contribution >= 4 is 5.91 Å². The molecular formula is C24H29NO4. The molecule has 0 aliphatic carbocycles. The van der Waals surface area contributed by atoms with Crippen molar-refractivity contribution in [3.05, 3.63) is 83.1 Å². The Balaban J connectivity index is 1.59. The molecule has 5 heteroatoms. The largest absolute Gasteiger partial charge is 0.459 e. The molecule has 0 aromatic heterocycles. The van der Waals surface area contributed by atoms with Crippen LogP contribution < -0.4 is 5.32 Å². The lowest BCUT2D eigenvalue weighted by molar-refractivity contribution is -0.155. The highest BCUT2D eigenvalue weighted by Gasteiger charge is 2.29. The predicted octanol–water partition coefficient (Wildman–Crippen LogP) is 3.91. The summed E-state index contributed by atoms with van der Waals surface area (Å²) >= 11 is 0. The quantitative estimate of drug-likeness (QED) is 0.711. The van der Waals surface area contributed by atoms with E-state index < -0.39 is 6.29 Å². The van der Waals surface area contributed by atoms with Gasteiger partial charge < -0.3 is 19.9 Å². The van der Waals surface area contributed by atoms with Crippen LogP contribution >= 0.6 is 0 Å². The number of aliphatic hydroxyl groups excluding tert-OH is 1. The van der Waals surface area contributed by atoms with Crippen molar-refractivity contribution in [3.8, 4) is 0 Å². The van der Waals surface area contributed by atoms with Gasteiger partial charge in [-0.2, -0.15) is 0 Å². The van der Waals surface area contributed by atoms with Gasteiger partial charge in [0.15, 0.2) is 5.76 Å². The molecule has 3 rings (SSSR count). The van der Waals surface area contributed by atoms with Crippen molar-refractivity contribution in [2.45, 2.75) is 46.3 Å². The molecule has 1 aliphatic heterocycles. The average Bonchev–Trinajstić information content (AvgIpc) is 2.76. The minimum Gasteiger partial charge on any atom is -0.459 e. The highest BCUT2D eigenvalue weighted by atomic mass is 16.7. The number of benzene rings is 2. The van der Waals surface area contributed by atoms with E-state index in [4.69, 9.17) is 14.6 Å². The SMILES string of the molecule is CC(C)[C@H]1C=C(C(=O)NCc2ccccc2)O[C@@H](OCc2ccc(CO)cc2)C1. The lowest BCUT2D eigenvalue weighted by Gasteiger charge is -2.31. The number of aliphatic hydroxyl groups is 1. The Kier molecular flexibility index (Phi) is 7.44. The van der Waals surface area contributed by atoms with Gasteiger partial charge in [0, 0.05) is 13.0 Å². The molecule has 0 radical (unpaired) electrons. The molecule has 2 aromatic carbocycles. The Hall–Kier alpha value is -2.63. The number of ether oxygens (including phenoxy) is 2. The number of carbonyl (C=O) groups excluding carboxylic acids is 1. The first-order chi connectivity index (χ1) is 14.0. The Morgan fingerprint density at radius 3 is 2.45 bits per heavy atom. The third-order valence-electron chi connectivity index (χ3n) is 5.11. The van der Waals surface area contributed by atoms with Crippen LogP contribution in [0.1, 0.15) is 37.0 Å². The van der Waals surface area contributed by atoms with Gasteiger partial charge in [-0.1, -0.05) is 68.4 Å². The molecule has 5 nitrogen and oxygen atoms in total. The van der Waals surface area contributed by atoms with Crippen LogP contribution in [0, 0.1) is 11.8 Å². The van der Waals surface area contributed by atoms with Gasteiger partial charge in [0.25, 0.3) is 5.91 Å². The van der Waals surface area contributed by atoms with Crippen molar-refractivity contribution in [2.75, 3.05) is 0 Å². The van der Waals surface area contributed by atoms with Crippen LogP contribution in [-0.2, 0) is 34.0 Å². The molecule has 2 atom stereocenters. The molecule has 0 unspecified atom stereocenters. The summed E-state index contributed by atoms with van der Waals surface area (Å²) in [5, 5.41) is 12.1. The number of carbonyl (C=O) groups is 1. The molecule has 0 spiro atoms. The standard InChI is InChI=1S/C24H29NO4/c1-17(2)21-12-22(24(27)25-14-18-6-4-3-5-7-18)29-23(13-21)28-16-20-10-8-19(15-26)9-11-20/h3-12,17,21,23,26H,13-16H2,1-2H3,(H,25,27)/t21-,23+/m0/s1. The van der Waals surface area contributed by atoms with Gasteiger partial charge >= 0.3 is 0 Å². The first-order valence-electron chi connectivity index (χ1n) is 10.1. The first kappa shape index (κ1) is 21.1. The van der Waals surface area contributed by atoms with Crippen LogP contribution in [-0.4, -0.2) is 17.3 Å². The molecule has 0 fully saturated rings. The third kappa shape index (κ3) is 6.17. The highest BCUT2D eigenvalue weighted by molar-refractivity contribution is 5.91. The molecule has 2 N–H and O–H groups in total. The van der Waals surface area contributed by atoms with E-state index in [1.165, 1.54) is 0 Å². The van der Waals surface area contributed by atoms with Crippen molar-refractivity contribution in [3.63, 3.8) is 0 Å². The monoisotopic (exact) mass is 395 g/mol. The van der Waals surface area contributed by atoms with E-state index in [0.29, 0.717) is 31.2 Å². The molecule has 154 valence electrons. The lowest BCUT2D eigenvalue weighted by atomic mass is 9.90. The molecule has 0 saturated heterocycles. The van der Waals surface area contributed by atoms with Gasteiger partial charge in [0.05, 0.1) is 13.2 Å². The van der Waals surface area contributed by atoms with Gasteiger partial charge in [0.2, 0.25) is 6.29 Å². The van der Waals surface area contributed by atoms with Crippen molar-refractivity contribution < 1.29 is 19.4 Å². The molecule has 1 aliphatic rings. The van der Waals surface area contributed by atoms with Crippen molar-refractivity contribution in [1.82, 2.24) is 5.32 Å². The van der Waals surface area contributed by atoms with Gasteiger partial charge in [0.1, 0.15) is 0 Å². The lowest BCUT2D eigenvalue weighted by Crippen LogP contribution is -2.34. The van der Waals surface area contributed by atoms with Gasteiger partial charge in [-0.05, 0) is 34.6 Å². The Morgan fingerprint density at radius 2 is 1.79 bits per heavy atom. The number of rotatable bonds is 8. The zero-order chi connectivity index (χ0) is 20.6. The minimum absolute atomic E-state index is 0.0230. The summed E-state index contributed by atoms with van der Waals surface area (Å²) in [6.07, 6.45) is 2.16. The van der Waals surface area contributed by atoms with Gasteiger partial charge in [-0.3, -0.25) is 4.79 Å². The maximum absolute atomic E-state index is 12.6. The van der Waals surface area contributed by atoms with Crippen LogP contribution in [0.15, 0.2) is 66.4 Å². The second kappa shape index (κ2) is 10.2. The van der Waals surface area contributed by atoms with E-state index in [0.717, 1.165) is 16.7 Å². The Labute approximate surface area is 172 Å². The highest BCUT2D eigenvalue weighted by Crippen LogP contribution is 2.29. The van der Waals surface area contributed by atoms with Gasteiger partial charge in [-0.15, -0.1) is 0 Å². The van der Waals surface area contributed by atoms with Gasteiger partial charge in [-0.25, -0.2) is 0 Å². The zero-order valence-electron chi connectivity index (χ0n) is 17.0. The number of allylic oxidation sites excluding steroid dienone is 1. The van der Waals surface area contributed by atoms with Crippen LogP contribution in [0.3, 0.4) is 0 Å². The number of nitrogens with one attached hydrogen (secondary N) is 1. The predicted molar refractivity (Wildman–Crippen MR) is 111 cm³/mol. The summed E-state index contributed by atoms with van der Waals surface area (Å²) in [5.74, 6) is 0.695. The van der Waals surface area contributed by atoms with Crippen molar-refractivity contribution in [2.24, 2.45) is 11.8 Å². The summed E-state index contributed by atoms with van der Waals surface area (Å²) in [7, 11) is 0. The smallest absolute Gasteiger partial charge is 0.286 e. The first-order valence-corrected chi connectivity index (χ1v) is 10.1. The summed E-state index contributed by atoms with van der Waals surface area (Å²) in [6.45, 7) is 5.14. The molecule has 29 heavy (non-hydrogen) atoms. The Bertz CT molecular complexity index is 815. The summed E-state index contributed by atoms with van der Waals surface area (Å²) in [5.41, 5.74) is 2.90. The van der Waals surface area contributed by atoms with Crippen molar-refractivity contribution in [1.29, 1.82) is 0 Å². The summed E-state index contributed by atoms with van der Waals surface area (Å²) in [4.78, 5) is 12.6. The minimum atomic E-state index is -0.470. The van der Waals surface area contributed by atoms with E-state index in [9.17, 15) is 4.79 Å². The molecular weight excluding hydrogens is 366 g/mol. The second-order valence-corrected chi connectivity index (χ2v) is 7.68. The van der Waals surface area contributed by atoms with Crippen LogP contribution in [0.4, 0.5) is 0 Å². The normalized spacial score (nSPS) is 18.8. The number of hydrogen-bond donors (Lipinski definition) is 2. The van der Waals surface area contributed by atoms with E-state index in [2.05, 4.69) is 19.2 Å². The molecule has 1 heterocycles. The fourth-order valence-electron chi connectivity index (χ4n) is 3.20. The Morgan fingerprint density at radius 1 is 1.10 bits per heavy atom. The fraction of sp³-hybridized carbons (Fsp3) is 0.375. The summed E-state index contributed by atoms with van der Waals surface area (Å²) in [6, 6.07) is 17.4. The number of amides is 1.